The predicted molar refractivity (Wildman–Crippen MR) is 83.5 cm³/mol. The van der Waals surface area contributed by atoms with Crippen LogP contribution in [0.3, 0.4) is 0 Å². The van der Waals surface area contributed by atoms with Gasteiger partial charge in [0.05, 0.1) is 0 Å². The highest BCUT2D eigenvalue weighted by Gasteiger charge is 2.35. The second-order valence-corrected chi connectivity index (χ2v) is 5.91. The van der Waals surface area contributed by atoms with Gasteiger partial charge in [0, 0.05) is 23.8 Å². The average molecular weight is 278 g/mol. The molecule has 1 aromatic rings. The summed E-state index contributed by atoms with van der Waals surface area (Å²) < 4.78 is 0. The first-order valence-corrected chi connectivity index (χ1v) is 7.11. The third kappa shape index (κ3) is 3.22. The van der Waals surface area contributed by atoms with E-state index >= 15 is 0 Å². The second kappa shape index (κ2) is 5.84. The van der Waals surface area contributed by atoms with Gasteiger partial charge in [0.2, 0.25) is 0 Å². The summed E-state index contributed by atoms with van der Waals surface area (Å²) in [7, 11) is 4.32. The number of thiocarbonyl (C=S) groups is 1. The molecule has 0 saturated heterocycles. The number of pyridine rings is 1. The van der Waals surface area contributed by atoms with Crippen LogP contribution in [0.25, 0.3) is 0 Å². The SMILES string of the molecule is CN(C)C1(CNc2cc(C(N)=S)ccn2)CCCC1. The first-order chi connectivity index (χ1) is 9.03. The summed E-state index contributed by atoms with van der Waals surface area (Å²) in [6, 6.07) is 3.76. The van der Waals surface area contributed by atoms with E-state index in [1.54, 1.807) is 6.20 Å². The molecular weight excluding hydrogens is 256 g/mol. The lowest BCUT2D eigenvalue weighted by Crippen LogP contribution is -2.47. The maximum Gasteiger partial charge on any atom is 0.126 e. The highest BCUT2D eigenvalue weighted by atomic mass is 32.1. The minimum absolute atomic E-state index is 0.251. The van der Waals surface area contributed by atoms with Crippen molar-refractivity contribution in [3.05, 3.63) is 23.9 Å². The standard InChI is InChI=1S/C14H22N4S/c1-18(2)14(6-3-4-7-14)10-17-12-9-11(13(15)19)5-8-16-12/h5,8-9H,3-4,6-7,10H2,1-2H3,(H2,15,19)(H,16,17). The fourth-order valence-electron chi connectivity index (χ4n) is 2.75. The first-order valence-electron chi connectivity index (χ1n) is 6.71. The maximum absolute atomic E-state index is 5.64. The molecule has 4 nitrogen and oxygen atoms in total. The monoisotopic (exact) mass is 278 g/mol. The van der Waals surface area contributed by atoms with E-state index in [9.17, 15) is 0 Å². The van der Waals surface area contributed by atoms with E-state index < -0.39 is 0 Å². The zero-order chi connectivity index (χ0) is 13.9. The minimum atomic E-state index is 0.251. The molecule has 0 spiro atoms. The molecule has 0 atom stereocenters. The van der Waals surface area contributed by atoms with E-state index in [0.717, 1.165) is 17.9 Å². The summed E-state index contributed by atoms with van der Waals surface area (Å²) in [4.78, 5) is 7.08. The second-order valence-electron chi connectivity index (χ2n) is 5.47. The quantitative estimate of drug-likeness (QED) is 0.807. The van der Waals surface area contributed by atoms with Gasteiger partial charge in [0.25, 0.3) is 0 Å². The van der Waals surface area contributed by atoms with Gasteiger partial charge in [-0.1, -0.05) is 25.1 Å². The zero-order valence-corrected chi connectivity index (χ0v) is 12.5. The van der Waals surface area contributed by atoms with Crippen molar-refractivity contribution in [2.24, 2.45) is 5.73 Å². The van der Waals surface area contributed by atoms with Crippen molar-refractivity contribution < 1.29 is 0 Å². The Morgan fingerprint density at radius 3 is 2.74 bits per heavy atom. The molecule has 0 bridgehead atoms. The van der Waals surface area contributed by atoms with Crippen LogP contribution in [0, 0.1) is 0 Å². The summed E-state index contributed by atoms with van der Waals surface area (Å²) >= 11 is 4.99. The molecule has 2 rings (SSSR count). The first kappa shape index (κ1) is 14.2. The van der Waals surface area contributed by atoms with Crippen molar-refractivity contribution in [1.82, 2.24) is 9.88 Å². The summed E-state index contributed by atoms with van der Waals surface area (Å²) in [5.41, 5.74) is 6.75. The Hall–Kier alpha value is -1.20. The van der Waals surface area contributed by atoms with Crippen LogP contribution in [0.2, 0.25) is 0 Å². The van der Waals surface area contributed by atoms with Crippen LogP contribution in [0.4, 0.5) is 5.82 Å². The van der Waals surface area contributed by atoms with E-state index in [2.05, 4.69) is 29.3 Å². The molecule has 0 unspecified atom stereocenters. The molecule has 1 fully saturated rings. The number of rotatable bonds is 5. The number of hydrogen-bond donors (Lipinski definition) is 2. The van der Waals surface area contributed by atoms with Crippen molar-refractivity contribution in [3.63, 3.8) is 0 Å². The van der Waals surface area contributed by atoms with E-state index in [1.807, 2.05) is 12.1 Å². The van der Waals surface area contributed by atoms with Gasteiger partial charge in [-0.2, -0.15) is 0 Å². The van der Waals surface area contributed by atoms with Gasteiger partial charge in [0.1, 0.15) is 10.8 Å². The molecule has 5 heteroatoms. The average Bonchev–Trinajstić information content (AvgIpc) is 2.87. The molecule has 0 radical (unpaired) electrons. The number of likely N-dealkylation sites (N-methyl/N-ethyl adjacent to an activating group) is 1. The lowest BCUT2D eigenvalue weighted by molar-refractivity contribution is 0.172. The molecule has 1 aliphatic rings. The lowest BCUT2D eigenvalue weighted by atomic mass is 9.96. The maximum atomic E-state index is 5.64. The van der Waals surface area contributed by atoms with Crippen LogP contribution in [-0.4, -0.2) is 41.1 Å². The van der Waals surface area contributed by atoms with Gasteiger partial charge >= 0.3 is 0 Å². The number of hydrogen-bond acceptors (Lipinski definition) is 4. The van der Waals surface area contributed by atoms with Crippen LogP contribution in [0.5, 0.6) is 0 Å². The Bertz CT molecular complexity index is 453. The predicted octanol–water partition coefficient (Wildman–Crippen LogP) is 2.00. The normalized spacial score (nSPS) is 17.6. The summed E-state index contributed by atoms with van der Waals surface area (Å²) in [5, 5.41) is 3.44. The smallest absolute Gasteiger partial charge is 0.126 e. The van der Waals surface area contributed by atoms with Crippen molar-refractivity contribution >= 4 is 23.0 Å². The summed E-state index contributed by atoms with van der Waals surface area (Å²) in [6.45, 7) is 0.911. The molecule has 0 amide bonds. The number of aromatic nitrogens is 1. The van der Waals surface area contributed by atoms with Crippen LogP contribution in [0.1, 0.15) is 31.2 Å². The van der Waals surface area contributed by atoms with Gasteiger partial charge in [-0.05, 0) is 39.1 Å². The molecule has 0 aromatic carbocycles. The van der Waals surface area contributed by atoms with Crippen LogP contribution in [-0.2, 0) is 0 Å². The highest BCUT2D eigenvalue weighted by molar-refractivity contribution is 7.80. The third-order valence-corrected chi connectivity index (χ3v) is 4.36. The van der Waals surface area contributed by atoms with Crippen molar-refractivity contribution in [2.45, 2.75) is 31.2 Å². The van der Waals surface area contributed by atoms with E-state index in [-0.39, 0.29) is 5.54 Å². The van der Waals surface area contributed by atoms with Gasteiger partial charge in [-0.15, -0.1) is 0 Å². The van der Waals surface area contributed by atoms with Gasteiger partial charge in [0.15, 0.2) is 0 Å². The van der Waals surface area contributed by atoms with E-state index in [0.29, 0.717) is 4.99 Å². The van der Waals surface area contributed by atoms with Crippen LogP contribution < -0.4 is 11.1 Å². The largest absolute Gasteiger partial charge is 0.389 e. The van der Waals surface area contributed by atoms with Crippen LogP contribution in [0.15, 0.2) is 18.3 Å². The molecule has 19 heavy (non-hydrogen) atoms. The Balaban J connectivity index is 2.05. The van der Waals surface area contributed by atoms with Crippen molar-refractivity contribution in [2.75, 3.05) is 26.0 Å². The van der Waals surface area contributed by atoms with Gasteiger partial charge < -0.3 is 16.0 Å². The third-order valence-electron chi connectivity index (χ3n) is 4.13. The van der Waals surface area contributed by atoms with Crippen molar-refractivity contribution in [1.29, 1.82) is 0 Å². The lowest BCUT2D eigenvalue weighted by Gasteiger charge is -2.36. The molecule has 1 aliphatic carbocycles. The fraction of sp³-hybridized carbons (Fsp3) is 0.571. The van der Waals surface area contributed by atoms with E-state index in [4.69, 9.17) is 18.0 Å². The Morgan fingerprint density at radius 1 is 1.47 bits per heavy atom. The van der Waals surface area contributed by atoms with Crippen molar-refractivity contribution in [3.8, 4) is 0 Å². The topological polar surface area (TPSA) is 54.2 Å². The Morgan fingerprint density at radius 2 is 2.16 bits per heavy atom. The molecule has 1 heterocycles. The Labute approximate surface area is 120 Å². The van der Waals surface area contributed by atoms with Gasteiger partial charge in [-0.3, -0.25) is 0 Å². The molecule has 1 aromatic heterocycles. The molecule has 3 N–H and O–H groups in total. The number of anilines is 1. The number of nitrogens with zero attached hydrogens (tertiary/aromatic N) is 2. The zero-order valence-electron chi connectivity index (χ0n) is 11.6. The number of nitrogens with one attached hydrogen (secondary N) is 1. The summed E-state index contributed by atoms with van der Waals surface area (Å²) in [5.74, 6) is 0.846. The molecule has 0 aliphatic heterocycles. The molecular formula is C14H22N4S. The fourth-order valence-corrected chi connectivity index (χ4v) is 2.88. The highest BCUT2D eigenvalue weighted by Crippen LogP contribution is 2.33. The van der Waals surface area contributed by atoms with Crippen LogP contribution >= 0.6 is 12.2 Å². The number of nitrogens with two attached hydrogens (primary N) is 1. The Kier molecular flexibility index (Phi) is 4.37. The summed E-state index contributed by atoms with van der Waals surface area (Å²) in [6.07, 6.45) is 6.83. The van der Waals surface area contributed by atoms with Gasteiger partial charge in [-0.25, -0.2) is 4.98 Å². The molecule has 1 saturated carbocycles. The van der Waals surface area contributed by atoms with E-state index in [1.165, 1.54) is 25.7 Å². The molecule has 104 valence electrons. The minimum Gasteiger partial charge on any atom is -0.389 e.